The number of amides is 2. The minimum Gasteiger partial charge on any atom is -0.497 e. The molecule has 1 saturated carbocycles. The van der Waals surface area contributed by atoms with Gasteiger partial charge in [-0.15, -0.1) is 0 Å². The van der Waals surface area contributed by atoms with Crippen LogP contribution in [0.1, 0.15) is 45.2 Å². The third kappa shape index (κ3) is 5.85. The predicted octanol–water partition coefficient (Wildman–Crippen LogP) is 2.63. The lowest BCUT2D eigenvalue weighted by Crippen LogP contribution is -2.56. The maximum Gasteiger partial charge on any atom is 0.317 e. The Balaban J connectivity index is 1.85. The van der Waals surface area contributed by atoms with Gasteiger partial charge in [0, 0.05) is 12.1 Å². The van der Waals surface area contributed by atoms with Crippen LogP contribution in [0.2, 0.25) is 0 Å². The van der Waals surface area contributed by atoms with E-state index in [4.69, 9.17) is 9.84 Å². The van der Waals surface area contributed by atoms with Gasteiger partial charge in [0.15, 0.2) is 0 Å². The zero-order valence-electron chi connectivity index (χ0n) is 16.6. The highest BCUT2D eigenvalue weighted by Crippen LogP contribution is 2.27. The summed E-state index contributed by atoms with van der Waals surface area (Å²) in [6, 6.07) is 7.74. The van der Waals surface area contributed by atoms with Crippen molar-refractivity contribution >= 4 is 12.0 Å². The standard InChI is InChI=1S/C20H31N3O4/c1-5-23(12-18(24)25)16-10-15(11-16)21-20(26)22-19(13(2)3)14-6-8-17(27-4)9-7-14/h6-9,13,15-16,19H,5,10-12H2,1-4H3,(H,24,25)(H2,21,22,26). The number of benzene rings is 1. The predicted molar refractivity (Wildman–Crippen MR) is 104 cm³/mol. The van der Waals surface area contributed by atoms with E-state index in [1.165, 1.54) is 0 Å². The number of methoxy groups -OCH3 is 1. The average molecular weight is 377 g/mol. The Morgan fingerprint density at radius 1 is 1.26 bits per heavy atom. The third-order valence-corrected chi connectivity index (χ3v) is 5.14. The van der Waals surface area contributed by atoms with Crippen LogP contribution in [0.3, 0.4) is 0 Å². The first-order valence-electron chi connectivity index (χ1n) is 9.50. The first-order valence-corrected chi connectivity index (χ1v) is 9.50. The minimum absolute atomic E-state index is 0.0486. The number of ether oxygens (including phenoxy) is 1. The van der Waals surface area contributed by atoms with E-state index in [0.29, 0.717) is 6.54 Å². The number of urea groups is 1. The number of aliphatic carboxylic acids is 1. The van der Waals surface area contributed by atoms with Crippen LogP contribution in [0.5, 0.6) is 5.75 Å². The Morgan fingerprint density at radius 2 is 1.89 bits per heavy atom. The summed E-state index contributed by atoms with van der Waals surface area (Å²) >= 11 is 0. The molecule has 0 saturated heterocycles. The van der Waals surface area contributed by atoms with Crippen molar-refractivity contribution in [2.45, 2.75) is 51.7 Å². The van der Waals surface area contributed by atoms with E-state index in [0.717, 1.165) is 24.2 Å². The molecule has 3 N–H and O–H groups in total. The smallest absolute Gasteiger partial charge is 0.317 e. The van der Waals surface area contributed by atoms with Crippen molar-refractivity contribution in [3.8, 4) is 5.75 Å². The fraction of sp³-hybridized carbons (Fsp3) is 0.600. The Morgan fingerprint density at radius 3 is 2.37 bits per heavy atom. The van der Waals surface area contributed by atoms with Gasteiger partial charge in [-0.1, -0.05) is 32.9 Å². The normalized spacial score (nSPS) is 20.1. The van der Waals surface area contributed by atoms with Gasteiger partial charge in [-0.05, 0) is 43.0 Å². The van der Waals surface area contributed by atoms with Gasteiger partial charge in [-0.25, -0.2) is 4.79 Å². The van der Waals surface area contributed by atoms with Crippen molar-refractivity contribution in [3.05, 3.63) is 29.8 Å². The molecule has 27 heavy (non-hydrogen) atoms. The molecule has 1 aromatic carbocycles. The molecular weight excluding hydrogens is 346 g/mol. The molecule has 0 aromatic heterocycles. The first-order chi connectivity index (χ1) is 12.8. The summed E-state index contributed by atoms with van der Waals surface area (Å²) in [7, 11) is 1.63. The molecule has 1 atom stereocenters. The van der Waals surface area contributed by atoms with Crippen LogP contribution < -0.4 is 15.4 Å². The molecule has 1 aromatic rings. The number of carbonyl (C=O) groups excluding carboxylic acids is 1. The second kappa shape index (κ2) is 9.60. The number of hydrogen-bond donors (Lipinski definition) is 3. The highest BCUT2D eigenvalue weighted by atomic mass is 16.5. The van der Waals surface area contributed by atoms with E-state index < -0.39 is 5.97 Å². The summed E-state index contributed by atoms with van der Waals surface area (Å²) in [5, 5.41) is 15.0. The number of hydrogen-bond acceptors (Lipinski definition) is 4. The van der Waals surface area contributed by atoms with Gasteiger partial charge in [0.1, 0.15) is 5.75 Å². The number of nitrogens with zero attached hydrogens (tertiary/aromatic N) is 1. The number of likely N-dealkylation sites (N-methyl/N-ethyl adjacent to an activating group) is 1. The largest absolute Gasteiger partial charge is 0.497 e. The topological polar surface area (TPSA) is 90.9 Å². The Hall–Kier alpha value is -2.28. The van der Waals surface area contributed by atoms with E-state index in [-0.39, 0.29) is 36.6 Å². The molecule has 1 unspecified atom stereocenters. The van der Waals surface area contributed by atoms with Crippen molar-refractivity contribution < 1.29 is 19.4 Å². The van der Waals surface area contributed by atoms with E-state index in [2.05, 4.69) is 24.5 Å². The second-order valence-corrected chi connectivity index (χ2v) is 7.39. The van der Waals surface area contributed by atoms with Crippen LogP contribution in [-0.2, 0) is 4.79 Å². The zero-order valence-corrected chi connectivity index (χ0v) is 16.6. The van der Waals surface area contributed by atoms with Gasteiger partial charge in [0.25, 0.3) is 0 Å². The van der Waals surface area contributed by atoms with Gasteiger partial charge < -0.3 is 20.5 Å². The molecule has 7 nitrogen and oxygen atoms in total. The highest BCUT2D eigenvalue weighted by molar-refractivity contribution is 5.75. The lowest BCUT2D eigenvalue weighted by molar-refractivity contribution is -0.139. The van der Waals surface area contributed by atoms with Crippen LogP contribution in [-0.4, -0.2) is 54.3 Å². The molecule has 1 aliphatic rings. The monoisotopic (exact) mass is 377 g/mol. The number of nitrogens with one attached hydrogen (secondary N) is 2. The second-order valence-electron chi connectivity index (χ2n) is 7.39. The highest BCUT2D eigenvalue weighted by Gasteiger charge is 2.35. The van der Waals surface area contributed by atoms with Crippen LogP contribution in [0.4, 0.5) is 4.79 Å². The van der Waals surface area contributed by atoms with Crippen molar-refractivity contribution in [1.82, 2.24) is 15.5 Å². The van der Waals surface area contributed by atoms with Crippen LogP contribution >= 0.6 is 0 Å². The SMILES string of the molecule is CCN(CC(=O)O)C1CC(NC(=O)NC(c2ccc(OC)cc2)C(C)C)C1. The lowest BCUT2D eigenvalue weighted by atomic mass is 9.85. The molecule has 0 aliphatic heterocycles. The van der Waals surface area contributed by atoms with Gasteiger partial charge in [-0.2, -0.15) is 0 Å². The molecule has 2 amide bonds. The van der Waals surface area contributed by atoms with Crippen molar-refractivity contribution in [1.29, 1.82) is 0 Å². The number of carboxylic acid groups (broad SMARTS) is 1. The summed E-state index contributed by atoms with van der Waals surface area (Å²) in [5.41, 5.74) is 1.03. The fourth-order valence-electron chi connectivity index (χ4n) is 3.49. The molecule has 7 heteroatoms. The van der Waals surface area contributed by atoms with E-state index in [9.17, 15) is 9.59 Å². The quantitative estimate of drug-likeness (QED) is 0.615. The van der Waals surface area contributed by atoms with Gasteiger partial charge >= 0.3 is 12.0 Å². The number of rotatable bonds is 9. The van der Waals surface area contributed by atoms with E-state index >= 15 is 0 Å². The molecule has 0 heterocycles. The molecule has 2 rings (SSSR count). The summed E-state index contributed by atoms with van der Waals surface area (Å²) in [6.07, 6.45) is 1.56. The van der Waals surface area contributed by atoms with Crippen LogP contribution in [0.25, 0.3) is 0 Å². The first kappa shape index (κ1) is 21.0. The van der Waals surface area contributed by atoms with Gasteiger partial charge in [-0.3, -0.25) is 9.69 Å². The third-order valence-electron chi connectivity index (χ3n) is 5.14. The molecule has 0 bridgehead atoms. The summed E-state index contributed by atoms with van der Waals surface area (Å²) in [5.74, 6) is 0.211. The molecule has 1 aliphatic carbocycles. The van der Waals surface area contributed by atoms with Crippen molar-refractivity contribution in [3.63, 3.8) is 0 Å². The van der Waals surface area contributed by atoms with Gasteiger partial charge in [0.2, 0.25) is 0 Å². The zero-order chi connectivity index (χ0) is 20.0. The lowest BCUT2D eigenvalue weighted by Gasteiger charge is -2.42. The minimum atomic E-state index is -0.815. The van der Waals surface area contributed by atoms with Crippen molar-refractivity contribution in [2.24, 2.45) is 5.92 Å². The summed E-state index contributed by atoms with van der Waals surface area (Å²) in [4.78, 5) is 25.3. The number of carboxylic acids is 1. The maximum absolute atomic E-state index is 12.4. The van der Waals surface area contributed by atoms with Crippen molar-refractivity contribution in [2.75, 3.05) is 20.2 Å². The van der Waals surface area contributed by atoms with Gasteiger partial charge in [0.05, 0.1) is 19.7 Å². The summed E-state index contributed by atoms with van der Waals surface area (Å²) < 4.78 is 5.19. The Kier molecular flexibility index (Phi) is 7.47. The maximum atomic E-state index is 12.4. The molecular formula is C20H31N3O4. The van der Waals surface area contributed by atoms with Crippen LogP contribution in [0, 0.1) is 5.92 Å². The Bertz CT molecular complexity index is 627. The Labute approximate surface area is 161 Å². The molecule has 0 spiro atoms. The fourth-order valence-corrected chi connectivity index (χ4v) is 3.49. The van der Waals surface area contributed by atoms with E-state index in [1.807, 2.05) is 36.1 Å². The number of carbonyl (C=O) groups is 2. The average Bonchev–Trinajstić information content (AvgIpc) is 2.60. The van der Waals surface area contributed by atoms with E-state index in [1.54, 1.807) is 7.11 Å². The molecule has 150 valence electrons. The molecule has 0 radical (unpaired) electrons. The molecule has 1 fully saturated rings. The van der Waals surface area contributed by atoms with Crippen LogP contribution in [0.15, 0.2) is 24.3 Å². The summed E-state index contributed by atoms with van der Waals surface area (Å²) in [6.45, 7) is 6.84.